The predicted molar refractivity (Wildman–Crippen MR) is 75.7 cm³/mol. The Hall–Kier alpha value is -1.93. The molecule has 0 atom stereocenters. The molecule has 0 unspecified atom stereocenters. The zero-order valence-electron chi connectivity index (χ0n) is 10.5. The Labute approximate surface area is 120 Å². The summed E-state index contributed by atoms with van der Waals surface area (Å²) in [6, 6.07) is 5.95. The Morgan fingerprint density at radius 2 is 2.15 bits per heavy atom. The smallest absolute Gasteiger partial charge is 0.339 e. The summed E-state index contributed by atoms with van der Waals surface area (Å²) < 4.78 is 26.7. The van der Waals surface area contributed by atoms with Gasteiger partial charge in [-0.1, -0.05) is 6.92 Å². The second-order valence-electron chi connectivity index (χ2n) is 3.88. The van der Waals surface area contributed by atoms with E-state index in [0.717, 1.165) is 22.6 Å². The second-order valence-corrected chi connectivity index (χ2v) is 6.96. The van der Waals surface area contributed by atoms with Crippen LogP contribution in [0.5, 0.6) is 0 Å². The quantitative estimate of drug-likeness (QED) is 0.882. The molecule has 0 aliphatic carbocycles. The predicted octanol–water partition coefficient (Wildman–Crippen LogP) is 2.20. The number of thiophene rings is 1. The first-order valence-electron chi connectivity index (χ1n) is 5.74. The van der Waals surface area contributed by atoms with E-state index in [1.165, 1.54) is 24.4 Å². The van der Waals surface area contributed by atoms with Gasteiger partial charge in [-0.05, 0) is 30.7 Å². The Bertz CT molecular complexity index is 737. The number of carbonyl (C=O) groups is 1. The highest BCUT2D eigenvalue weighted by atomic mass is 32.2. The number of hydrogen-bond donors (Lipinski definition) is 2. The summed E-state index contributed by atoms with van der Waals surface area (Å²) in [6.07, 6.45) is 2.07. The van der Waals surface area contributed by atoms with E-state index in [2.05, 4.69) is 9.71 Å². The fraction of sp³-hybridized carbons (Fsp3) is 0.167. The monoisotopic (exact) mass is 312 g/mol. The van der Waals surface area contributed by atoms with Gasteiger partial charge in [-0.3, -0.25) is 4.72 Å². The van der Waals surface area contributed by atoms with Gasteiger partial charge in [0.05, 0.1) is 0 Å². The van der Waals surface area contributed by atoms with E-state index in [1.807, 2.05) is 6.92 Å². The molecule has 0 aromatic carbocycles. The summed E-state index contributed by atoms with van der Waals surface area (Å²) >= 11 is 1.15. The number of pyridine rings is 1. The van der Waals surface area contributed by atoms with Crippen LogP contribution in [0.3, 0.4) is 0 Å². The maximum Gasteiger partial charge on any atom is 0.339 e. The lowest BCUT2D eigenvalue weighted by atomic mass is 10.3. The molecule has 0 saturated heterocycles. The van der Waals surface area contributed by atoms with Crippen molar-refractivity contribution in [1.82, 2.24) is 4.98 Å². The van der Waals surface area contributed by atoms with Crippen molar-refractivity contribution in [3.05, 3.63) is 40.9 Å². The standard InChI is InChI=1S/C12H12N2O4S2/c1-2-8-5-6-10(19-8)20(17,18)14-11-9(12(15)16)4-3-7-13-11/h3-7H,2H2,1H3,(H,13,14)(H,15,16). The maximum absolute atomic E-state index is 12.2. The zero-order valence-corrected chi connectivity index (χ0v) is 12.2. The number of aromatic nitrogens is 1. The van der Waals surface area contributed by atoms with Gasteiger partial charge in [-0.25, -0.2) is 18.2 Å². The molecule has 2 aromatic heterocycles. The van der Waals surface area contributed by atoms with Gasteiger partial charge in [0.15, 0.2) is 5.82 Å². The number of hydrogen-bond acceptors (Lipinski definition) is 5. The highest BCUT2D eigenvalue weighted by Gasteiger charge is 2.20. The van der Waals surface area contributed by atoms with E-state index in [-0.39, 0.29) is 15.6 Å². The van der Waals surface area contributed by atoms with Crippen molar-refractivity contribution >= 4 is 33.1 Å². The molecule has 8 heteroatoms. The Morgan fingerprint density at radius 1 is 1.40 bits per heavy atom. The third kappa shape index (κ3) is 2.97. The highest BCUT2D eigenvalue weighted by Crippen LogP contribution is 2.24. The molecule has 0 bridgehead atoms. The Kier molecular flexibility index (Phi) is 4.05. The lowest BCUT2D eigenvalue weighted by Gasteiger charge is -2.07. The van der Waals surface area contributed by atoms with Crippen LogP contribution in [-0.4, -0.2) is 24.5 Å². The molecule has 20 heavy (non-hydrogen) atoms. The number of sulfonamides is 1. The largest absolute Gasteiger partial charge is 0.478 e. The summed E-state index contributed by atoms with van der Waals surface area (Å²) in [5.74, 6) is -1.43. The molecule has 2 rings (SSSR count). The molecule has 0 spiro atoms. The number of carboxylic acid groups (broad SMARTS) is 1. The number of anilines is 1. The molecule has 0 radical (unpaired) electrons. The molecule has 0 aliphatic rings. The van der Waals surface area contributed by atoms with Crippen molar-refractivity contribution in [2.75, 3.05) is 4.72 Å². The average molecular weight is 312 g/mol. The van der Waals surface area contributed by atoms with E-state index >= 15 is 0 Å². The van der Waals surface area contributed by atoms with Crippen molar-refractivity contribution < 1.29 is 18.3 Å². The number of nitrogens with one attached hydrogen (secondary N) is 1. The molecule has 106 valence electrons. The van der Waals surface area contributed by atoms with Crippen LogP contribution in [0.15, 0.2) is 34.7 Å². The van der Waals surface area contributed by atoms with Gasteiger partial charge in [0.2, 0.25) is 0 Å². The van der Waals surface area contributed by atoms with Crippen molar-refractivity contribution in [1.29, 1.82) is 0 Å². The van der Waals surface area contributed by atoms with Gasteiger partial charge in [0.25, 0.3) is 10.0 Å². The van der Waals surface area contributed by atoms with Gasteiger partial charge in [-0.2, -0.15) is 0 Å². The number of rotatable bonds is 5. The lowest BCUT2D eigenvalue weighted by molar-refractivity contribution is 0.0697. The lowest BCUT2D eigenvalue weighted by Crippen LogP contribution is -2.15. The third-order valence-electron chi connectivity index (χ3n) is 2.52. The fourth-order valence-corrected chi connectivity index (χ4v) is 3.85. The second kappa shape index (κ2) is 5.59. The van der Waals surface area contributed by atoms with E-state index in [0.29, 0.717) is 0 Å². The van der Waals surface area contributed by atoms with Crippen molar-refractivity contribution in [3.63, 3.8) is 0 Å². The zero-order chi connectivity index (χ0) is 14.8. The third-order valence-corrected chi connectivity index (χ3v) is 5.58. The maximum atomic E-state index is 12.2. The van der Waals surface area contributed by atoms with E-state index < -0.39 is 16.0 Å². The van der Waals surface area contributed by atoms with E-state index in [1.54, 1.807) is 6.07 Å². The number of aromatic carboxylic acids is 1. The van der Waals surface area contributed by atoms with Crippen LogP contribution in [0.25, 0.3) is 0 Å². The van der Waals surface area contributed by atoms with Gasteiger partial charge >= 0.3 is 5.97 Å². The number of aryl methyl sites for hydroxylation is 1. The van der Waals surface area contributed by atoms with Crippen LogP contribution in [0, 0.1) is 0 Å². The number of nitrogens with zero attached hydrogens (tertiary/aromatic N) is 1. The van der Waals surface area contributed by atoms with Crippen molar-refractivity contribution in [2.24, 2.45) is 0 Å². The molecule has 0 fully saturated rings. The van der Waals surface area contributed by atoms with Crippen molar-refractivity contribution in [2.45, 2.75) is 17.6 Å². The molecule has 0 amide bonds. The minimum atomic E-state index is -3.82. The molecule has 2 aromatic rings. The normalized spacial score (nSPS) is 11.2. The Morgan fingerprint density at radius 3 is 2.75 bits per heavy atom. The molecule has 2 N–H and O–H groups in total. The average Bonchev–Trinajstić information content (AvgIpc) is 2.88. The molecule has 6 nitrogen and oxygen atoms in total. The van der Waals surface area contributed by atoms with Crippen LogP contribution in [-0.2, 0) is 16.4 Å². The van der Waals surface area contributed by atoms with Crippen LogP contribution in [0.2, 0.25) is 0 Å². The van der Waals surface area contributed by atoms with Crippen LogP contribution < -0.4 is 4.72 Å². The summed E-state index contributed by atoms with van der Waals surface area (Å²) in [5, 5.41) is 9.00. The summed E-state index contributed by atoms with van der Waals surface area (Å²) in [7, 11) is -3.82. The minimum absolute atomic E-state index is 0.136. The molecule has 2 heterocycles. The number of carboxylic acids is 1. The molecular formula is C12H12N2O4S2. The molecular weight excluding hydrogens is 300 g/mol. The first-order chi connectivity index (χ1) is 9.44. The van der Waals surface area contributed by atoms with Crippen LogP contribution >= 0.6 is 11.3 Å². The summed E-state index contributed by atoms with van der Waals surface area (Å²) in [5.41, 5.74) is -0.191. The molecule has 0 aliphatic heterocycles. The van der Waals surface area contributed by atoms with Gasteiger partial charge in [0, 0.05) is 11.1 Å². The van der Waals surface area contributed by atoms with Gasteiger partial charge in [0.1, 0.15) is 9.77 Å². The first-order valence-corrected chi connectivity index (χ1v) is 8.04. The van der Waals surface area contributed by atoms with Gasteiger partial charge in [-0.15, -0.1) is 11.3 Å². The van der Waals surface area contributed by atoms with Gasteiger partial charge < -0.3 is 5.11 Å². The first kappa shape index (κ1) is 14.5. The van der Waals surface area contributed by atoms with E-state index in [9.17, 15) is 13.2 Å². The molecule has 0 saturated carbocycles. The topological polar surface area (TPSA) is 96.4 Å². The summed E-state index contributed by atoms with van der Waals surface area (Å²) in [4.78, 5) is 15.7. The van der Waals surface area contributed by atoms with Crippen LogP contribution in [0.4, 0.5) is 5.82 Å². The summed E-state index contributed by atoms with van der Waals surface area (Å²) in [6.45, 7) is 1.93. The highest BCUT2D eigenvalue weighted by molar-refractivity contribution is 7.94. The minimum Gasteiger partial charge on any atom is -0.478 e. The van der Waals surface area contributed by atoms with Crippen molar-refractivity contribution in [3.8, 4) is 0 Å². The SMILES string of the molecule is CCc1ccc(S(=O)(=O)Nc2ncccc2C(=O)O)s1. The Balaban J connectivity index is 2.36. The van der Waals surface area contributed by atoms with Crippen LogP contribution in [0.1, 0.15) is 22.2 Å². The fourth-order valence-electron chi connectivity index (χ4n) is 1.53. The van der Waals surface area contributed by atoms with E-state index in [4.69, 9.17) is 5.11 Å².